The molecule has 1 heterocycles. The molecule has 0 amide bonds. The Morgan fingerprint density at radius 2 is 2.17 bits per heavy atom. The maximum Gasteiger partial charge on any atom is 0.336 e. The zero-order valence-electron chi connectivity index (χ0n) is 8.93. The van der Waals surface area contributed by atoms with Gasteiger partial charge in [0.15, 0.2) is 0 Å². The van der Waals surface area contributed by atoms with Gasteiger partial charge in [-0.1, -0.05) is 23.4 Å². The smallest absolute Gasteiger partial charge is 0.336 e. The van der Waals surface area contributed by atoms with E-state index in [-0.39, 0.29) is 5.56 Å². The van der Waals surface area contributed by atoms with Crippen LogP contribution in [0.4, 0.5) is 0 Å². The molecule has 92 valence electrons. The van der Waals surface area contributed by atoms with E-state index in [2.05, 4.69) is 20.9 Å². The van der Waals surface area contributed by atoms with Crippen LogP contribution in [0.25, 0.3) is 0 Å². The Kier molecular flexibility index (Phi) is 4.27. The summed E-state index contributed by atoms with van der Waals surface area (Å²) in [5, 5.41) is 10.2. The minimum Gasteiger partial charge on any atom is -0.478 e. The van der Waals surface area contributed by atoms with Gasteiger partial charge in [-0.2, -0.15) is 0 Å². The van der Waals surface area contributed by atoms with Crippen molar-refractivity contribution < 1.29 is 9.90 Å². The fraction of sp³-hybridized carbons (Fsp3) is 0. The first-order valence-corrected chi connectivity index (χ1v) is 6.88. The first-order chi connectivity index (χ1) is 8.58. The first kappa shape index (κ1) is 13.4. The average Bonchev–Trinajstić information content (AvgIpc) is 2.34. The number of carboxylic acid groups (broad SMARTS) is 1. The molecule has 0 aliphatic rings. The summed E-state index contributed by atoms with van der Waals surface area (Å²) in [4.78, 5) is 15.9. The van der Waals surface area contributed by atoms with Crippen molar-refractivity contribution in [3.63, 3.8) is 0 Å². The Hall–Kier alpha value is -1.04. The molecule has 0 aliphatic heterocycles. The zero-order chi connectivity index (χ0) is 13.1. The molecule has 0 radical (unpaired) electrons. The molecule has 0 atom stereocenters. The zero-order valence-corrected chi connectivity index (χ0v) is 12.1. The number of aromatic nitrogens is 1. The van der Waals surface area contributed by atoms with Crippen molar-refractivity contribution >= 4 is 45.3 Å². The lowest BCUT2D eigenvalue weighted by molar-refractivity contribution is 0.0693. The van der Waals surface area contributed by atoms with E-state index in [9.17, 15) is 4.79 Å². The van der Waals surface area contributed by atoms with E-state index in [1.165, 1.54) is 17.8 Å². The lowest BCUT2D eigenvalue weighted by Gasteiger charge is -2.06. The van der Waals surface area contributed by atoms with Gasteiger partial charge in [0.05, 0.1) is 10.0 Å². The van der Waals surface area contributed by atoms with E-state index in [4.69, 9.17) is 16.7 Å². The number of nitrogens with zero attached hydrogens (tertiary/aromatic N) is 1. The van der Waals surface area contributed by atoms with E-state index < -0.39 is 5.97 Å². The van der Waals surface area contributed by atoms with Gasteiger partial charge in [-0.3, -0.25) is 0 Å². The van der Waals surface area contributed by atoms with E-state index in [0.29, 0.717) is 14.9 Å². The SMILES string of the molecule is O=C(O)c1cc(Cl)ccc1Sc1ncccc1Br. The third-order valence-corrected chi connectivity index (χ3v) is 4.34. The van der Waals surface area contributed by atoms with Gasteiger partial charge < -0.3 is 5.11 Å². The van der Waals surface area contributed by atoms with E-state index in [1.54, 1.807) is 24.4 Å². The molecule has 2 rings (SSSR count). The van der Waals surface area contributed by atoms with Crippen LogP contribution >= 0.6 is 39.3 Å². The van der Waals surface area contributed by atoms with Crippen molar-refractivity contribution in [2.45, 2.75) is 9.92 Å². The molecular weight excluding hydrogens is 338 g/mol. The number of halogens is 2. The van der Waals surface area contributed by atoms with Gasteiger partial charge >= 0.3 is 5.97 Å². The normalized spacial score (nSPS) is 10.3. The highest BCUT2D eigenvalue weighted by molar-refractivity contribution is 9.10. The van der Waals surface area contributed by atoms with Gasteiger partial charge in [0.25, 0.3) is 0 Å². The third-order valence-electron chi connectivity index (χ3n) is 2.10. The van der Waals surface area contributed by atoms with Gasteiger partial charge in [-0.25, -0.2) is 9.78 Å². The fourth-order valence-electron chi connectivity index (χ4n) is 1.31. The Morgan fingerprint density at radius 1 is 1.39 bits per heavy atom. The maximum atomic E-state index is 11.1. The summed E-state index contributed by atoms with van der Waals surface area (Å²) in [7, 11) is 0. The third kappa shape index (κ3) is 3.04. The first-order valence-electron chi connectivity index (χ1n) is 4.89. The topological polar surface area (TPSA) is 50.2 Å². The Morgan fingerprint density at radius 3 is 2.83 bits per heavy atom. The summed E-state index contributed by atoms with van der Waals surface area (Å²) in [6.07, 6.45) is 1.66. The fourth-order valence-corrected chi connectivity index (χ4v) is 2.86. The predicted molar refractivity (Wildman–Crippen MR) is 74.5 cm³/mol. The van der Waals surface area contributed by atoms with Crippen LogP contribution in [0.5, 0.6) is 0 Å². The van der Waals surface area contributed by atoms with Crippen molar-refractivity contribution in [1.82, 2.24) is 4.98 Å². The highest BCUT2D eigenvalue weighted by atomic mass is 79.9. The van der Waals surface area contributed by atoms with Crippen molar-refractivity contribution in [2.75, 3.05) is 0 Å². The van der Waals surface area contributed by atoms with E-state index in [0.717, 1.165) is 4.47 Å². The summed E-state index contributed by atoms with van der Waals surface area (Å²) in [5.41, 5.74) is 0.171. The monoisotopic (exact) mass is 343 g/mol. The van der Waals surface area contributed by atoms with Crippen molar-refractivity contribution in [2.24, 2.45) is 0 Å². The molecule has 0 bridgehead atoms. The molecule has 1 aromatic carbocycles. The number of benzene rings is 1. The van der Waals surface area contributed by atoms with Gasteiger partial charge in [0.1, 0.15) is 5.03 Å². The van der Waals surface area contributed by atoms with Gasteiger partial charge in [-0.05, 0) is 46.3 Å². The summed E-state index contributed by atoms with van der Waals surface area (Å²) in [6, 6.07) is 8.42. The molecule has 3 nitrogen and oxygen atoms in total. The second-order valence-electron chi connectivity index (χ2n) is 3.34. The Bertz CT molecular complexity index is 606. The quantitative estimate of drug-likeness (QED) is 0.899. The minimum atomic E-state index is -1.01. The molecule has 6 heteroatoms. The molecule has 1 N–H and O–H groups in total. The van der Waals surface area contributed by atoms with E-state index >= 15 is 0 Å². The van der Waals surface area contributed by atoms with Crippen LogP contribution in [0.3, 0.4) is 0 Å². The molecule has 0 aliphatic carbocycles. The lowest BCUT2D eigenvalue weighted by Crippen LogP contribution is -1.98. The Labute approximate surface area is 121 Å². The van der Waals surface area contributed by atoms with Crippen LogP contribution < -0.4 is 0 Å². The van der Waals surface area contributed by atoms with Crippen LogP contribution in [0.2, 0.25) is 5.02 Å². The number of carboxylic acids is 1. The predicted octanol–water partition coefficient (Wildman–Crippen LogP) is 4.35. The highest BCUT2D eigenvalue weighted by Crippen LogP contribution is 2.34. The molecule has 0 saturated heterocycles. The molecule has 2 aromatic rings. The summed E-state index contributed by atoms with van der Waals surface area (Å²) < 4.78 is 0.821. The van der Waals surface area contributed by atoms with Crippen LogP contribution in [-0.2, 0) is 0 Å². The number of aromatic carboxylic acids is 1. The summed E-state index contributed by atoms with van der Waals surface area (Å²) >= 11 is 10.5. The second kappa shape index (κ2) is 5.73. The van der Waals surface area contributed by atoms with Crippen LogP contribution in [0.1, 0.15) is 10.4 Å². The summed E-state index contributed by atoms with van der Waals surface area (Å²) in [6.45, 7) is 0. The minimum absolute atomic E-state index is 0.171. The second-order valence-corrected chi connectivity index (χ2v) is 5.66. The number of rotatable bonds is 3. The number of hydrogen-bond donors (Lipinski definition) is 1. The molecular formula is C12H7BrClNO2S. The van der Waals surface area contributed by atoms with Crippen molar-refractivity contribution in [3.8, 4) is 0 Å². The number of pyridine rings is 1. The molecule has 0 fully saturated rings. The Balaban J connectivity index is 2.41. The van der Waals surface area contributed by atoms with Gasteiger partial charge in [-0.15, -0.1) is 0 Å². The molecule has 0 unspecified atom stereocenters. The van der Waals surface area contributed by atoms with E-state index in [1.807, 2.05) is 6.07 Å². The number of carbonyl (C=O) groups is 1. The van der Waals surface area contributed by atoms with Crippen LogP contribution in [0, 0.1) is 0 Å². The maximum absolute atomic E-state index is 11.1. The van der Waals surface area contributed by atoms with Gasteiger partial charge in [0, 0.05) is 16.1 Å². The summed E-state index contributed by atoms with van der Waals surface area (Å²) in [5.74, 6) is -1.01. The molecule has 0 saturated carbocycles. The largest absolute Gasteiger partial charge is 0.478 e. The average molecular weight is 345 g/mol. The van der Waals surface area contributed by atoms with Crippen molar-refractivity contribution in [3.05, 3.63) is 51.6 Å². The van der Waals surface area contributed by atoms with Crippen LogP contribution in [0.15, 0.2) is 50.9 Å². The lowest BCUT2D eigenvalue weighted by atomic mass is 10.2. The van der Waals surface area contributed by atoms with Crippen molar-refractivity contribution in [1.29, 1.82) is 0 Å². The highest BCUT2D eigenvalue weighted by Gasteiger charge is 2.13. The van der Waals surface area contributed by atoms with Gasteiger partial charge in [0.2, 0.25) is 0 Å². The molecule has 18 heavy (non-hydrogen) atoms. The molecule has 0 spiro atoms. The molecule has 1 aromatic heterocycles. The van der Waals surface area contributed by atoms with Crippen LogP contribution in [-0.4, -0.2) is 16.1 Å². The standard InChI is InChI=1S/C12H7BrClNO2S/c13-9-2-1-5-15-11(9)18-10-4-3-7(14)6-8(10)12(16)17/h1-6H,(H,16,17). The number of hydrogen-bond acceptors (Lipinski definition) is 3.